The van der Waals surface area contributed by atoms with Gasteiger partial charge in [-0.2, -0.15) is 0 Å². The van der Waals surface area contributed by atoms with Gasteiger partial charge in [-0.3, -0.25) is 4.57 Å². The lowest BCUT2D eigenvalue weighted by Gasteiger charge is -2.15. The lowest BCUT2D eigenvalue weighted by molar-refractivity contribution is -0.0120. The quantitative estimate of drug-likeness (QED) is 0.707. The van der Waals surface area contributed by atoms with Crippen LogP contribution in [-0.2, 0) is 4.74 Å². The summed E-state index contributed by atoms with van der Waals surface area (Å²) in [6, 6.07) is 0. The minimum atomic E-state index is -1.42. The molecule has 3 heterocycles. The summed E-state index contributed by atoms with van der Waals surface area (Å²) in [5, 5.41) is 22.4. The van der Waals surface area contributed by atoms with Gasteiger partial charge in [0.2, 0.25) is 6.23 Å². The number of halogens is 1. The third-order valence-corrected chi connectivity index (χ3v) is 3.14. The molecule has 8 nitrogen and oxygen atoms in total. The number of aliphatic hydroxyl groups excluding tert-OH is 2. The fraction of sp³-hybridized carbons (Fsp3) is 0.364. The molecule has 3 N–H and O–H groups in total. The number of imidazole rings is 1. The van der Waals surface area contributed by atoms with Crippen molar-refractivity contribution in [3.63, 3.8) is 0 Å². The van der Waals surface area contributed by atoms with Gasteiger partial charge in [0.1, 0.15) is 31.2 Å². The van der Waals surface area contributed by atoms with Crippen LogP contribution in [0.4, 0.5) is 10.2 Å². The molecule has 0 aliphatic carbocycles. The number of hydrogen-bond donors (Lipinski definition) is 3. The van der Waals surface area contributed by atoms with E-state index in [1.807, 2.05) is 0 Å². The maximum Gasteiger partial charge on any atom is 0.207 e. The molecular formula is C11H12FN5O3. The highest BCUT2D eigenvalue weighted by Crippen LogP contribution is 2.34. The summed E-state index contributed by atoms with van der Waals surface area (Å²) in [5.74, 6) is 0.190. The van der Waals surface area contributed by atoms with Crippen molar-refractivity contribution in [1.29, 1.82) is 0 Å². The van der Waals surface area contributed by atoms with Crippen molar-refractivity contribution < 1.29 is 19.3 Å². The van der Waals surface area contributed by atoms with Crippen LogP contribution >= 0.6 is 0 Å². The highest BCUT2D eigenvalue weighted by Gasteiger charge is 2.41. The predicted octanol–water partition coefficient (Wildman–Crippen LogP) is -0.0705. The molecule has 20 heavy (non-hydrogen) atoms. The van der Waals surface area contributed by atoms with Crippen LogP contribution in [-0.4, -0.2) is 49.0 Å². The van der Waals surface area contributed by atoms with Gasteiger partial charge in [-0.1, -0.05) is 0 Å². The molecule has 2 aromatic heterocycles. The first-order valence-electron chi connectivity index (χ1n) is 5.85. The number of nitrogens with zero attached hydrogens (tertiary/aromatic N) is 4. The van der Waals surface area contributed by atoms with Gasteiger partial charge in [0.25, 0.3) is 0 Å². The molecule has 0 saturated carbocycles. The Bertz CT molecular complexity index is 673. The Morgan fingerprint density at radius 1 is 1.40 bits per heavy atom. The molecule has 1 saturated heterocycles. The van der Waals surface area contributed by atoms with Crippen molar-refractivity contribution in [3.05, 3.63) is 24.7 Å². The minimum absolute atomic E-state index is 0.126. The minimum Gasteiger partial charge on any atom is -0.466 e. The van der Waals surface area contributed by atoms with E-state index in [1.165, 1.54) is 17.2 Å². The Kier molecular flexibility index (Phi) is 2.99. The highest BCUT2D eigenvalue weighted by atomic mass is 19.1. The molecule has 0 amide bonds. The molecule has 1 fully saturated rings. The van der Waals surface area contributed by atoms with Crippen LogP contribution in [0.15, 0.2) is 24.7 Å². The molecule has 2 aromatic rings. The molecule has 0 radical (unpaired) electrons. The third-order valence-electron chi connectivity index (χ3n) is 3.14. The Hall–Kier alpha value is -2.26. The summed E-state index contributed by atoms with van der Waals surface area (Å²) in [6.45, 7) is 0. The van der Waals surface area contributed by atoms with Gasteiger partial charge in [0.15, 0.2) is 22.7 Å². The van der Waals surface area contributed by atoms with Crippen molar-refractivity contribution in [2.75, 3.05) is 12.4 Å². The lowest BCUT2D eigenvalue weighted by Crippen LogP contribution is -2.27. The second kappa shape index (κ2) is 4.69. The summed E-state index contributed by atoms with van der Waals surface area (Å²) in [7, 11) is 1.69. The first-order chi connectivity index (χ1) is 9.67. The Morgan fingerprint density at radius 2 is 2.20 bits per heavy atom. The fourth-order valence-corrected chi connectivity index (χ4v) is 2.14. The molecule has 2 unspecified atom stereocenters. The summed E-state index contributed by atoms with van der Waals surface area (Å²) in [6.07, 6.45) is -0.897. The number of fused-ring (bicyclic) bond motifs is 1. The van der Waals surface area contributed by atoms with Crippen LogP contribution in [0.1, 0.15) is 6.23 Å². The SMILES string of the molecule is CNc1ncnc2c1ncn2[C@@H]1OC(=CF)C(O)C1O. The molecule has 3 rings (SSSR count). The average Bonchev–Trinajstić information content (AvgIpc) is 3.01. The predicted molar refractivity (Wildman–Crippen MR) is 66.2 cm³/mol. The van der Waals surface area contributed by atoms with Crippen LogP contribution in [0.3, 0.4) is 0 Å². The van der Waals surface area contributed by atoms with E-state index < -0.39 is 18.4 Å². The van der Waals surface area contributed by atoms with Crippen LogP contribution in [0.5, 0.6) is 0 Å². The average molecular weight is 281 g/mol. The van der Waals surface area contributed by atoms with Crippen molar-refractivity contribution in [2.24, 2.45) is 0 Å². The first kappa shape index (κ1) is 12.8. The molecular weight excluding hydrogens is 269 g/mol. The number of aromatic nitrogens is 4. The molecule has 3 atom stereocenters. The van der Waals surface area contributed by atoms with E-state index in [9.17, 15) is 14.6 Å². The largest absolute Gasteiger partial charge is 0.466 e. The second-order valence-corrected chi connectivity index (χ2v) is 4.25. The summed E-state index contributed by atoms with van der Waals surface area (Å²) < 4.78 is 19.2. The number of anilines is 1. The molecule has 0 bridgehead atoms. The van der Waals surface area contributed by atoms with Crippen LogP contribution in [0.2, 0.25) is 0 Å². The van der Waals surface area contributed by atoms with Crippen LogP contribution < -0.4 is 5.32 Å². The van der Waals surface area contributed by atoms with E-state index in [2.05, 4.69) is 20.3 Å². The zero-order chi connectivity index (χ0) is 14.3. The zero-order valence-corrected chi connectivity index (χ0v) is 10.4. The fourth-order valence-electron chi connectivity index (χ4n) is 2.14. The van der Waals surface area contributed by atoms with E-state index in [0.717, 1.165) is 0 Å². The van der Waals surface area contributed by atoms with Gasteiger partial charge in [-0.05, 0) is 0 Å². The number of ether oxygens (including phenoxy) is 1. The summed E-state index contributed by atoms with van der Waals surface area (Å²) in [4.78, 5) is 12.2. The second-order valence-electron chi connectivity index (χ2n) is 4.25. The standard InChI is InChI=1S/C11H12FN5O3/c1-13-9-6-10(15-3-14-9)17(4-16-6)11-8(19)7(18)5(2-12)20-11/h2-4,7-8,11,18-19H,1H3,(H,13,14,15)/t7?,8?,11-/m1/s1. The highest BCUT2D eigenvalue weighted by molar-refractivity contribution is 5.82. The number of aliphatic hydroxyl groups is 2. The van der Waals surface area contributed by atoms with Crippen molar-refractivity contribution in [2.45, 2.75) is 18.4 Å². The van der Waals surface area contributed by atoms with E-state index in [4.69, 9.17) is 4.74 Å². The van der Waals surface area contributed by atoms with Gasteiger partial charge >= 0.3 is 0 Å². The molecule has 1 aliphatic rings. The number of hydrogen-bond acceptors (Lipinski definition) is 7. The van der Waals surface area contributed by atoms with E-state index >= 15 is 0 Å². The maximum absolute atomic E-state index is 12.6. The third kappa shape index (κ3) is 1.71. The monoisotopic (exact) mass is 281 g/mol. The molecule has 1 aliphatic heterocycles. The molecule has 0 spiro atoms. The van der Waals surface area contributed by atoms with Gasteiger partial charge < -0.3 is 20.3 Å². The van der Waals surface area contributed by atoms with E-state index in [1.54, 1.807) is 7.05 Å². The van der Waals surface area contributed by atoms with Crippen molar-refractivity contribution in [3.8, 4) is 0 Å². The lowest BCUT2D eigenvalue weighted by atomic mass is 10.2. The topological polar surface area (TPSA) is 105 Å². The molecule has 106 valence electrons. The van der Waals surface area contributed by atoms with Gasteiger partial charge in [0.05, 0.1) is 0 Å². The first-order valence-corrected chi connectivity index (χ1v) is 5.85. The van der Waals surface area contributed by atoms with Gasteiger partial charge in [-0.25, -0.2) is 19.3 Å². The van der Waals surface area contributed by atoms with Crippen LogP contribution in [0.25, 0.3) is 11.2 Å². The Balaban J connectivity index is 2.08. The Morgan fingerprint density at radius 3 is 2.85 bits per heavy atom. The molecule has 0 aromatic carbocycles. The van der Waals surface area contributed by atoms with Gasteiger partial charge in [0, 0.05) is 7.05 Å². The number of rotatable bonds is 2. The van der Waals surface area contributed by atoms with Gasteiger partial charge in [-0.15, -0.1) is 0 Å². The normalized spacial score (nSPS) is 28.0. The summed E-state index contributed by atoms with van der Waals surface area (Å²) in [5.41, 5.74) is 0.888. The summed E-state index contributed by atoms with van der Waals surface area (Å²) >= 11 is 0. The smallest absolute Gasteiger partial charge is 0.207 e. The van der Waals surface area contributed by atoms with E-state index in [-0.39, 0.29) is 12.1 Å². The maximum atomic E-state index is 12.6. The molecule has 9 heteroatoms. The van der Waals surface area contributed by atoms with Crippen molar-refractivity contribution in [1.82, 2.24) is 19.5 Å². The number of nitrogens with one attached hydrogen (secondary N) is 1. The van der Waals surface area contributed by atoms with E-state index in [0.29, 0.717) is 17.0 Å². The zero-order valence-electron chi connectivity index (χ0n) is 10.4. The van der Waals surface area contributed by atoms with Crippen molar-refractivity contribution >= 4 is 17.0 Å². The Labute approximate surface area is 112 Å². The van der Waals surface area contributed by atoms with Crippen LogP contribution in [0, 0.1) is 0 Å².